The molecule has 19 heavy (non-hydrogen) atoms. The Balaban J connectivity index is 2.69. The Morgan fingerprint density at radius 3 is 2.53 bits per heavy atom. The zero-order valence-corrected chi connectivity index (χ0v) is 11.4. The molecular formula is C11H12BrFN2O4. The van der Waals surface area contributed by atoms with Gasteiger partial charge >= 0.3 is 12.0 Å². The first-order chi connectivity index (χ1) is 8.81. The van der Waals surface area contributed by atoms with Crippen LogP contribution in [0.2, 0.25) is 0 Å². The lowest BCUT2D eigenvalue weighted by Crippen LogP contribution is -2.49. The van der Waals surface area contributed by atoms with Gasteiger partial charge in [-0.05, 0) is 41.1 Å². The Bertz CT molecular complexity index is 496. The van der Waals surface area contributed by atoms with Gasteiger partial charge in [0, 0.05) is 5.69 Å². The second-order valence-electron chi connectivity index (χ2n) is 3.78. The maximum Gasteiger partial charge on any atom is 0.328 e. The molecule has 1 aromatic carbocycles. The van der Waals surface area contributed by atoms with E-state index >= 15 is 0 Å². The molecule has 0 fully saturated rings. The zero-order valence-electron chi connectivity index (χ0n) is 9.85. The van der Waals surface area contributed by atoms with Crippen LogP contribution in [-0.2, 0) is 4.79 Å². The van der Waals surface area contributed by atoms with Crippen molar-refractivity contribution < 1.29 is 24.2 Å². The summed E-state index contributed by atoms with van der Waals surface area (Å²) in [7, 11) is 0. The molecule has 6 nitrogen and oxygen atoms in total. The molecule has 4 N–H and O–H groups in total. The maximum absolute atomic E-state index is 13.0. The van der Waals surface area contributed by atoms with Crippen molar-refractivity contribution in [3.8, 4) is 0 Å². The molecule has 0 saturated carbocycles. The van der Waals surface area contributed by atoms with Gasteiger partial charge in [-0.2, -0.15) is 0 Å². The van der Waals surface area contributed by atoms with Crippen LogP contribution in [0.1, 0.15) is 6.92 Å². The van der Waals surface area contributed by atoms with E-state index in [0.29, 0.717) is 0 Å². The molecule has 1 aromatic rings. The van der Waals surface area contributed by atoms with Gasteiger partial charge in [0.2, 0.25) is 0 Å². The van der Waals surface area contributed by atoms with Gasteiger partial charge in [-0.15, -0.1) is 0 Å². The average Bonchev–Trinajstić information content (AvgIpc) is 2.30. The van der Waals surface area contributed by atoms with E-state index in [1.54, 1.807) is 0 Å². The summed E-state index contributed by atoms with van der Waals surface area (Å²) in [5.41, 5.74) is 0.278. The summed E-state index contributed by atoms with van der Waals surface area (Å²) in [4.78, 5) is 22.3. The van der Waals surface area contributed by atoms with Crippen LogP contribution in [0.5, 0.6) is 0 Å². The lowest BCUT2D eigenvalue weighted by atomic mass is 10.2. The molecule has 2 amide bonds. The Morgan fingerprint density at radius 2 is 2.05 bits per heavy atom. The minimum Gasteiger partial charge on any atom is -0.480 e. The van der Waals surface area contributed by atoms with Gasteiger partial charge in [-0.25, -0.2) is 14.0 Å². The quantitative estimate of drug-likeness (QED) is 0.671. The first kappa shape index (κ1) is 15.4. The topological polar surface area (TPSA) is 98.7 Å². The number of aliphatic carboxylic acids is 1. The molecule has 0 saturated heterocycles. The third kappa shape index (κ3) is 4.49. The molecule has 0 aromatic heterocycles. The van der Waals surface area contributed by atoms with Crippen LogP contribution in [0.25, 0.3) is 0 Å². The molecular weight excluding hydrogens is 323 g/mol. The van der Waals surface area contributed by atoms with E-state index in [2.05, 4.69) is 26.6 Å². The Labute approximate surface area is 116 Å². The highest BCUT2D eigenvalue weighted by atomic mass is 79.9. The predicted molar refractivity (Wildman–Crippen MR) is 69.4 cm³/mol. The lowest BCUT2D eigenvalue weighted by molar-refractivity contribution is -0.141. The molecule has 1 rings (SSSR count). The molecule has 2 unspecified atom stereocenters. The number of benzene rings is 1. The van der Waals surface area contributed by atoms with E-state index < -0.39 is 30.0 Å². The monoisotopic (exact) mass is 334 g/mol. The van der Waals surface area contributed by atoms with Crippen molar-refractivity contribution in [3.05, 3.63) is 28.5 Å². The van der Waals surface area contributed by atoms with Gasteiger partial charge in [0.15, 0.2) is 6.04 Å². The second kappa shape index (κ2) is 6.48. The van der Waals surface area contributed by atoms with Crippen LogP contribution in [0, 0.1) is 5.82 Å². The van der Waals surface area contributed by atoms with E-state index in [9.17, 15) is 19.1 Å². The fourth-order valence-electron chi connectivity index (χ4n) is 1.27. The number of anilines is 1. The second-order valence-corrected chi connectivity index (χ2v) is 4.64. The molecule has 0 aliphatic carbocycles. The van der Waals surface area contributed by atoms with Gasteiger partial charge < -0.3 is 20.8 Å². The van der Waals surface area contributed by atoms with Crippen LogP contribution >= 0.6 is 15.9 Å². The molecule has 8 heteroatoms. The van der Waals surface area contributed by atoms with Crippen molar-refractivity contribution >= 4 is 33.6 Å². The van der Waals surface area contributed by atoms with E-state index in [-0.39, 0.29) is 10.2 Å². The number of carbonyl (C=O) groups excluding carboxylic acids is 1. The Hall–Kier alpha value is -1.67. The van der Waals surface area contributed by atoms with Crippen LogP contribution in [0.3, 0.4) is 0 Å². The fourth-order valence-corrected chi connectivity index (χ4v) is 1.65. The Morgan fingerprint density at radius 1 is 1.42 bits per heavy atom. The minimum atomic E-state index is -1.43. The maximum atomic E-state index is 13.0. The fraction of sp³-hybridized carbons (Fsp3) is 0.273. The summed E-state index contributed by atoms with van der Waals surface area (Å²) >= 11 is 2.95. The number of urea groups is 1. The number of carbonyl (C=O) groups is 2. The van der Waals surface area contributed by atoms with Crippen molar-refractivity contribution in [2.45, 2.75) is 19.1 Å². The van der Waals surface area contributed by atoms with E-state index in [0.717, 1.165) is 6.07 Å². The summed E-state index contributed by atoms with van der Waals surface area (Å²) in [6, 6.07) is 1.55. The number of halogens is 2. The number of amides is 2. The highest BCUT2D eigenvalue weighted by Crippen LogP contribution is 2.19. The van der Waals surface area contributed by atoms with Gasteiger partial charge in [-0.3, -0.25) is 0 Å². The number of carboxylic acids is 1. The Kier molecular flexibility index (Phi) is 5.25. The summed E-state index contributed by atoms with van der Waals surface area (Å²) in [6.07, 6.45) is -1.25. The molecule has 0 spiro atoms. The van der Waals surface area contributed by atoms with Gasteiger partial charge in [0.05, 0.1) is 10.6 Å². The van der Waals surface area contributed by atoms with Crippen molar-refractivity contribution in [2.24, 2.45) is 0 Å². The largest absolute Gasteiger partial charge is 0.480 e. The van der Waals surface area contributed by atoms with Crippen LogP contribution in [-0.4, -0.2) is 34.4 Å². The number of nitrogens with one attached hydrogen (secondary N) is 2. The first-order valence-electron chi connectivity index (χ1n) is 5.24. The lowest BCUT2D eigenvalue weighted by Gasteiger charge is -2.17. The normalized spacial score (nSPS) is 13.5. The van der Waals surface area contributed by atoms with Crippen molar-refractivity contribution in [3.63, 3.8) is 0 Å². The first-order valence-corrected chi connectivity index (χ1v) is 6.04. The molecule has 104 valence electrons. The molecule has 0 radical (unpaired) electrons. The van der Waals surface area contributed by atoms with Gasteiger partial charge in [0.25, 0.3) is 0 Å². The smallest absolute Gasteiger partial charge is 0.328 e. The summed E-state index contributed by atoms with van der Waals surface area (Å²) in [5, 5.41) is 22.4. The molecule has 0 aliphatic rings. The average molecular weight is 335 g/mol. The van der Waals surface area contributed by atoms with E-state index in [1.165, 1.54) is 19.1 Å². The van der Waals surface area contributed by atoms with Gasteiger partial charge in [0.1, 0.15) is 5.82 Å². The summed E-state index contributed by atoms with van der Waals surface area (Å²) in [6.45, 7) is 1.24. The third-order valence-corrected chi connectivity index (χ3v) is 2.82. The number of aliphatic hydroxyl groups is 1. The molecule has 0 heterocycles. The van der Waals surface area contributed by atoms with Crippen LogP contribution < -0.4 is 10.6 Å². The van der Waals surface area contributed by atoms with Crippen LogP contribution in [0.15, 0.2) is 22.7 Å². The molecule has 0 aliphatic heterocycles. The van der Waals surface area contributed by atoms with Gasteiger partial charge in [-0.1, -0.05) is 0 Å². The van der Waals surface area contributed by atoms with E-state index in [1.807, 2.05) is 0 Å². The number of rotatable bonds is 4. The number of carboxylic acid groups (broad SMARTS) is 1. The zero-order chi connectivity index (χ0) is 14.6. The number of hydrogen-bond donors (Lipinski definition) is 4. The van der Waals surface area contributed by atoms with Crippen LogP contribution in [0.4, 0.5) is 14.9 Å². The third-order valence-electron chi connectivity index (χ3n) is 2.21. The predicted octanol–water partition coefficient (Wildman–Crippen LogP) is 1.54. The molecule has 2 atom stereocenters. The number of aliphatic hydroxyl groups excluding tert-OH is 1. The van der Waals surface area contributed by atoms with Crippen molar-refractivity contribution in [2.75, 3.05) is 5.32 Å². The van der Waals surface area contributed by atoms with Crippen molar-refractivity contribution in [1.29, 1.82) is 0 Å². The summed E-state index contributed by atoms with van der Waals surface area (Å²) in [5.74, 6) is -1.84. The SMILES string of the molecule is CC(O)C(NC(=O)Nc1ccc(F)c(Br)c1)C(=O)O. The van der Waals surface area contributed by atoms with E-state index in [4.69, 9.17) is 5.11 Å². The standard InChI is InChI=1S/C11H12BrFN2O4/c1-5(16)9(10(17)18)15-11(19)14-6-2-3-8(13)7(12)4-6/h2-5,9,16H,1H3,(H,17,18)(H2,14,15,19). The number of hydrogen-bond acceptors (Lipinski definition) is 3. The highest BCUT2D eigenvalue weighted by molar-refractivity contribution is 9.10. The minimum absolute atomic E-state index is 0.163. The van der Waals surface area contributed by atoms with Crippen molar-refractivity contribution in [1.82, 2.24) is 5.32 Å². The summed E-state index contributed by atoms with van der Waals surface area (Å²) < 4.78 is 13.1. The highest BCUT2D eigenvalue weighted by Gasteiger charge is 2.24. The molecule has 0 bridgehead atoms.